The van der Waals surface area contributed by atoms with Crippen molar-refractivity contribution in [1.29, 1.82) is 0 Å². The van der Waals surface area contributed by atoms with Crippen molar-refractivity contribution >= 4 is 22.6 Å². The zero-order valence-electron chi connectivity index (χ0n) is 16.2. The molecule has 2 aliphatic rings. The number of nitrogens with zero attached hydrogens (tertiary/aromatic N) is 5. The van der Waals surface area contributed by atoms with Crippen LogP contribution in [0.2, 0.25) is 0 Å². The number of aromatic amines is 1. The Morgan fingerprint density at radius 2 is 2.11 bits per heavy atom. The molecule has 8 nitrogen and oxygen atoms in total. The van der Waals surface area contributed by atoms with Gasteiger partial charge in [0.2, 0.25) is 5.95 Å². The van der Waals surface area contributed by atoms with Crippen molar-refractivity contribution in [1.82, 2.24) is 24.6 Å². The first kappa shape index (κ1) is 17.5. The molecule has 0 aliphatic carbocycles. The molecule has 1 spiro atoms. The van der Waals surface area contributed by atoms with Gasteiger partial charge in [-0.25, -0.2) is 4.98 Å². The van der Waals surface area contributed by atoms with Gasteiger partial charge < -0.3 is 14.7 Å². The highest BCUT2D eigenvalue weighted by atomic mass is 16.5. The van der Waals surface area contributed by atoms with E-state index in [0.29, 0.717) is 16.8 Å². The van der Waals surface area contributed by atoms with Gasteiger partial charge in [0.05, 0.1) is 12.0 Å². The Kier molecular flexibility index (Phi) is 3.86. The summed E-state index contributed by atoms with van der Waals surface area (Å²) in [4.78, 5) is 11.7. The molecule has 5 rings (SSSR count). The summed E-state index contributed by atoms with van der Waals surface area (Å²) in [5.41, 5.74) is 1.25. The molecule has 2 saturated heterocycles. The number of imidazole rings is 1. The van der Waals surface area contributed by atoms with Crippen molar-refractivity contribution in [3.05, 3.63) is 18.1 Å². The molecule has 0 saturated carbocycles. The predicted octanol–water partition coefficient (Wildman–Crippen LogP) is 1.73. The Bertz CT molecular complexity index is 1080. The summed E-state index contributed by atoms with van der Waals surface area (Å²) in [5.74, 6) is 6.65. The minimum Gasteiger partial charge on any atom is -0.381 e. The molecule has 0 bridgehead atoms. The van der Waals surface area contributed by atoms with Crippen LogP contribution in [0.1, 0.15) is 38.8 Å². The summed E-state index contributed by atoms with van der Waals surface area (Å²) in [6.45, 7) is 6.98. The van der Waals surface area contributed by atoms with Crippen LogP contribution in [-0.2, 0) is 4.74 Å². The minimum absolute atomic E-state index is 0.350. The number of nitrogens with one attached hydrogen (secondary N) is 1. The highest BCUT2D eigenvalue weighted by Crippen LogP contribution is 2.40. The highest BCUT2D eigenvalue weighted by molar-refractivity contribution is 5.94. The number of H-pyrrole nitrogens is 1. The molecule has 0 unspecified atom stereocenters. The van der Waals surface area contributed by atoms with E-state index in [1.54, 1.807) is 20.0 Å². The van der Waals surface area contributed by atoms with E-state index in [-0.39, 0.29) is 0 Å². The molecule has 3 aromatic heterocycles. The van der Waals surface area contributed by atoms with Crippen LogP contribution in [0.3, 0.4) is 0 Å². The quantitative estimate of drug-likeness (QED) is 0.625. The fourth-order valence-electron chi connectivity index (χ4n) is 4.18. The zero-order chi connectivity index (χ0) is 19.4. The van der Waals surface area contributed by atoms with Crippen molar-refractivity contribution in [3.63, 3.8) is 0 Å². The average Bonchev–Trinajstić information content (AvgIpc) is 3.39. The molecular formula is C20H24N6O2. The number of anilines is 1. The van der Waals surface area contributed by atoms with Crippen LogP contribution >= 0.6 is 0 Å². The molecule has 0 radical (unpaired) electrons. The van der Waals surface area contributed by atoms with Gasteiger partial charge >= 0.3 is 0 Å². The number of fused-ring (bicyclic) bond motifs is 3. The van der Waals surface area contributed by atoms with Crippen molar-refractivity contribution < 1.29 is 9.84 Å². The Balaban J connectivity index is 1.54. The number of hydrogen-bond donors (Lipinski definition) is 2. The van der Waals surface area contributed by atoms with E-state index in [2.05, 4.69) is 31.9 Å². The monoisotopic (exact) mass is 380 g/mol. The van der Waals surface area contributed by atoms with Crippen LogP contribution in [0.25, 0.3) is 16.7 Å². The summed E-state index contributed by atoms with van der Waals surface area (Å²) in [7, 11) is 0. The molecule has 0 atom stereocenters. The molecule has 146 valence electrons. The van der Waals surface area contributed by atoms with Gasteiger partial charge in [0.15, 0.2) is 11.3 Å². The van der Waals surface area contributed by atoms with Crippen LogP contribution < -0.4 is 4.90 Å². The van der Waals surface area contributed by atoms with E-state index in [1.165, 1.54) is 0 Å². The van der Waals surface area contributed by atoms with E-state index >= 15 is 0 Å². The summed E-state index contributed by atoms with van der Waals surface area (Å²) in [6, 6.07) is 0. The molecule has 2 fully saturated rings. The maximum Gasteiger partial charge on any atom is 0.213 e. The van der Waals surface area contributed by atoms with Gasteiger partial charge in [-0.05, 0) is 44.4 Å². The van der Waals surface area contributed by atoms with Crippen LogP contribution in [-0.4, -0.2) is 61.6 Å². The van der Waals surface area contributed by atoms with Crippen LogP contribution in [0, 0.1) is 17.3 Å². The lowest BCUT2D eigenvalue weighted by atomic mass is 9.78. The lowest BCUT2D eigenvalue weighted by Gasteiger charge is -2.38. The number of aromatic nitrogens is 5. The van der Waals surface area contributed by atoms with E-state index in [0.717, 1.165) is 62.5 Å². The van der Waals surface area contributed by atoms with Gasteiger partial charge in [0.1, 0.15) is 11.3 Å². The lowest BCUT2D eigenvalue weighted by molar-refractivity contribution is 0.133. The van der Waals surface area contributed by atoms with Gasteiger partial charge in [0.25, 0.3) is 0 Å². The topological polar surface area (TPSA) is 91.6 Å². The zero-order valence-corrected chi connectivity index (χ0v) is 16.2. The molecule has 2 aliphatic heterocycles. The molecule has 2 N–H and O–H groups in total. The summed E-state index contributed by atoms with van der Waals surface area (Å²) in [5, 5.41) is 18.0. The summed E-state index contributed by atoms with van der Waals surface area (Å²) >= 11 is 0. The van der Waals surface area contributed by atoms with Crippen molar-refractivity contribution in [2.24, 2.45) is 5.41 Å². The van der Waals surface area contributed by atoms with Crippen molar-refractivity contribution in [2.75, 3.05) is 31.2 Å². The SMILES string of the molecule is CC(C)(O)C#Cc1n[nH]c2nc(N3CCC4(CCOC4)CC3)n3ccnc3c12. The van der Waals surface area contributed by atoms with Crippen LogP contribution in [0.15, 0.2) is 12.4 Å². The fraction of sp³-hybridized carbons (Fsp3) is 0.550. The predicted molar refractivity (Wildman–Crippen MR) is 105 cm³/mol. The van der Waals surface area contributed by atoms with Crippen molar-refractivity contribution in [2.45, 2.75) is 38.7 Å². The van der Waals surface area contributed by atoms with Crippen LogP contribution in [0.4, 0.5) is 5.95 Å². The second kappa shape index (κ2) is 6.19. The lowest BCUT2D eigenvalue weighted by Crippen LogP contribution is -2.41. The van der Waals surface area contributed by atoms with Gasteiger partial charge in [-0.2, -0.15) is 10.1 Å². The molecule has 0 aromatic carbocycles. The molecule has 8 heteroatoms. The van der Waals surface area contributed by atoms with Gasteiger partial charge in [0, 0.05) is 32.1 Å². The number of hydrogen-bond acceptors (Lipinski definition) is 6. The largest absolute Gasteiger partial charge is 0.381 e. The second-order valence-corrected chi connectivity index (χ2v) is 8.43. The molecule has 28 heavy (non-hydrogen) atoms. The van der Waals surface area contributed by atoms with E-state index in [1.807, 2.05) is 10.6 Å². The average molecular weight is 380 g/mol. The molecular weight excluding hydrogens is 356 g/mol. The summed E-state index contributed by atoms with van der Waals surface area (Å²) in [6.07, 6.45) is 7.11. The minimum atomic E-state index is -1.09. The van der Waals surface area contributed by atoms with Gasteiger partial charge in [-0.1, -0.05) is 5.92 Å². The van der Waals surface area contributed by atoms with Crippen molar-refractivity contribution in [3.8, 4) is 11.8 Å². The Hall–Kier alpha value is -2.63. The van der Waals surface area contributed by atoms with Gasteiger partial charge in [-0.15, -0.1) is 0 Å². The molecule has 0 amide bonds. The first-order valence-electron chi connectivity index (χ1n) is 9.74. The number of piperidine rings is 1. The Morgan fingerprint density at radius 3 is 2.82 bits per heavy atom. The third-order valence-corrected chi connectivity index (χ3v) is 5.82. The number of aliphatic hydroxyl groups is 1. The first-order chi connectivity index (χ1) is 13.4. The third-order valence-electron chi connectivity index (χ3n) is 5.82. The normalized spacial score (nSPS) is 19.5. The maximum absolute atomic E-state index is 9.90. The first-order valence-corrected chi connectivity index (χ1v) is 9.74. The fourth-order valence-corrected chi connectivity index (χ4v) is 4.18. The maximum atomic E-state index is 9.90. The second-order valence-electron chi connectivity index (χ2n) is 8.43. The number of rotatable bonds is 1. The molecule has 3 aromatic rings. The Labute approximate surface area is 162 Å². The third kappa shape index (κ3) is 2.91. The van der Waals surface area contributed by atoms with E-state index in [4.69, 9.17) is 9.72 Å². The standard InChI is InChI=1S/C20H24N6O2/c1-19(2,27)4-3-14-15-16(24-23-14)22-18(26-11-8-21-17(15)26)25-9-5-20(6-10-25)7-12-28-13-20/h8,11,27H,5-7,9-10,12-13H2,1-2H3,(H,23,24). The van der Waals surface area contributed by atoms with Crippen LogP contribution in [0.5, 0.6) is 0 Å². The highest BCUT2D eigenvalue weighted by Gasteiger charge is 2.38. The number of ether oxygens (including phenoxy) is 1. The molecule has 5 heterocycles. The summed E-state index contributed by atoms with van der Waals surface area (Å²) < 4.78 is 7.66. The van der Waals surface area contributed by atoms with E-state index < -0.39 is 5.60 Å². The van der Waals surface area contributed by atoms with Gasteiger partial charge in [-0.3, -0.25) is 9.50 Å². The van der Waals surface area contributed by atoms with E-state index in [9.17, 15) is 5.11 Å². The Morgan fingerprint density at radius 1 is 1.29 bits per heavy atom. The smallest absolute Gasteiger partial charge is 0.213 e.